The van der Waals surface area contributed by atoms with Crippen LogP contribution in [0.4, 0.5) is 9.93 Å². The summed E-state index contributed by atoms with van der Waals surface area (Å²) >= 11 is 1.15. The Kier molecular flexibility index (Phi) is 4.97. The number of hydrogen-bond acceptors (Lipinski definition) is 6. The summed E-state index contributed by atoms with van der Waals surface area (Å²) in [5.74, 6) is 0. The number of ether oxygens (including phenoxy) is 1. The van der Waals surface area contributed by atoms with Gasteiger partial charge in [-0.25, -0.2) is 4.79 Å². The highest BCUT2D eigenvalue weighted by Crippen LogP contribution is 2.23. The second-order valence-corrected chi connectivity index (χ2v) is 5.74. The minimum atomic E-state index is -0.375. The van der Waals surface area contributed by atoms with Gasteiger partial charge in [0.15, 0.2) is 0 Å². The standard InChI is InChI=1S/C16H15N5O2S/c1-23-16-21-20-15(24-16)19-14(22)18-13(11-5-3-2-4-6-11)12-7-9-17-10-8-12/h2-10,13H,1H3,(H2,18,19,20,22)/t13-/m0/s1. The Hall–Kier alpha value is -3.00. The molecule has 3 rings (SSSR count). The Bertz CT molecular complexity index is 755. The van der Waals surface area contributed by atoms with Gasteiger partial charge in [-0.15, -0.1) is 5.10 Å². The van der Waals surface area contributed by atoms with Crippen LogP contribution in [-0.2, 0) is 0 Å². The molecule has 0 saturated heterocycles. The quantitative estimate of drug-likeness (QED) is 0.745. The van der Waals surface area contributed by atoms with Gasteiger partial charge < -0.3 is 10.1 Å². The highest BCUT2D eigenvalue weighted by Gasteiger charge is 2.17. The maximum atomic E-state index is 12.3. The lowest BCUT2D eigenvalue weighted by atomic mass is 10.00. The number of nitrogens with zero attached hydrogens (tertiary/aromatic N) is 3. The van der Waals surface area contributed by atoms with E-state index in [1.165, 1.54) is 7.11 Å². The van der Waals surface area contributed by atoms with E-state index in [1.54, 1.807) is 12.4 Å². The van der Waals surface area contributed by atoms with Crippen molar-refractivity contribution >= 4 is 22.5 Å². The van der Waals surface area contributed by atoms with E-state index in [2.05, 4.69) is 25.8 Å². The summed E-state index contributed by atoms with van der Waals surface area (Å²) in [6.07, 6.45) is 3.39. The van der Waals surface area contributed by atoms with Gasteiger partial charge in [0.25, 0.3) is 5.19 Å². The third-order valence-electron chi connectivity index (χ3n) is 3.25. The van der Waals surface area contributed by atoms with E-state index in [9.17, 15) is 4.79 Å². The zero-order valence-corrected chi connectivity index (χ0v) is 13.7. The number of hydrogen-bond donors (Lipinski definition) is 2. The lowest BCUT2D eigenvalue weighted by Gasteiger charge is -2.19. The van der Waals surface area contributed by atoms with E-state index >= 15 is 0 Å². The molecule has 0 fully saturated rings. The number of rotatable bonds is 5. The first-order valence-corrected chi connectivity index (χ1v) is 7.98. The van der Waals surface area contributed by atoms with Gasteiger partial charge in [0.05, 0.1) is 13.2 Å². The van der Waals surface area contributed by atoms with Crippen molar-refractivity contribution in [3.8, 4) is 5.19 Å². The molecular weight excluding hydrogens is 326 g/mol. The molecule has 1 atom stereocenters. The highest BCUT2D eigenvalue weighted by atomic mass is 32.1. The van der Waals surface area contributed by atoms with Crippen LogP contribution in [0.2, 0.25) is 0 Å². The van der Waals surface area contributed by atoms with Gasteiger partial charge in [-0.2, -0.15) is 0 Å². The maximum absolute atomic E-state index is 12.3. The van der Waals surface area contributed by atoms with Gasteiger partial charge in [-0.3, -0.25) is 10.3 Å². The summed E-state index contributed by atoms with van der Waals surface area (Å²) in [6.45, 7) is 0. The second kappa shape index (κ2) is 7.51. The number of pyridine rings is 1. The number of anilines is 1. The normalized spacial score (nSPS) is 11.5. The average molecular weight is 341 g/mol. The van der Waals surface area contributed by atoms with E-state index in [-0.39, 0.29) is 12.1 Å². The molecule has 0 aliphatic heterocycles. The Morgan fingerprint density at radius 2 is 1.79 bits per heavy atom. The SMILES string of the molecule is COc1nnc(NC(=O)N[C@@H](c2ccccc2)c2ccncc2)s1. The summed E-state index contributed by atoms with van der Waals surface area (Å²) in [5.41, 5.74) is 1.90. The molecule has 0 unspecified atom stereocenters. The number of carbonyl (C=O) groups is 1. The largest absolute Gasteiger partial charge is 0.472 e. The molecule has 1 aromatic carbocycles. The van der Waals surface area contributed by atoms with Crippen molar-refractivity contribution in [1.82, 2.24) is 20.5 Å². The summed E-state index contributed by atoms with van der Waals surface area (Å²) in [7, 11) is 1.50. The molecule has 0 spiro atoms. The van der Waals surface area contributed by atoms with Crippen LogP contribution < -0.4 is 15.4 Å². The predicted molar refractivity (Wildman–Crippen MR) is 91.1 cm³/mol. The zero-order chi connectivity index (χ0) is 16.8. The maximum Gasteiger partial charge on any atom is 0.321 e. The van der Waals surface area contributed by atoms with E-state index in [0.717, 1.165) is 22.5 Å². The smallest absolute Gasteiger partial charge is 0.321 e. The van der Waals surface area contributed by atoms with Crippen molar-refractivity contribution in [1.29, 1.82) is 0 Å². The monoisotopic (exact) mass is 341 g/mol. The number of amides is 2. The topological polar surface area (TPSA) is 89.0 Å². The molecule has 24 heavy (non-hydrogen) atoms. The van der Waals surface area contributed by atoms with Crippen LogP contribution in [0, 0.1) is 0 Å². The third kappa shape index (κ3) is 3.85. The molecule has 0 aliphatic carbocycles. The van der Waals surface area contributed by atoms with Crippen molar-refractivity contribution in [3.63, 3.8) is 0 Å². The molecule has 0 aliphatic rings. The van der Waals surface area contributed by atoms with Crippen LogP contribution >= 0.6 is 11.3 Å². The molecule has 3 aromatic rings. The Morgan fingerprint density at radius 1 is 1.08 bits per heavy atom. The Labute approximate surface area is 142 Å². The molecule has 0 saturated carbocycles. The Balaban J connectivity index is 1.78. The molecule has 0 radical (unpaired) electrons. The van der Waals surface area contributed by atoms with E-state index < -0.39 is 0 Å². The van der Waals surface area contributed by atoms with Crippen LogP contribution in [-0.4, -0.2) is 28.3 Å². The lowest BCUT2D eigenvalue weighted by molar-refractivity contribution is 0.250. The molecule has 2 heterocycles. The van der Waals surface area contributed by atoms with Gasteiger partial charge in [0.2, 0.25) is 5.13 Å². The van der Waals surface area contributed by atoms with E-state index in [0.29, 0.717) is 10.3 Å². The predicted octanol–water partition coefficient (Wildman–Crippen LogP) is 2.85. The molecule has 2 N–H and O–H groups in total. The molecule has 8 heteroatoms. The number of aromatic nitrogens is 3. The van der Waals surface area contributed by atoms with Crippen molar-refractivity contribution in [3.05, 3.63) is 66.0 Å². The van der Waals surface area contributed by atoms with Gasteiger partial charge in [0, 0.05) is 12.4 Å². The van der Waals surface area contributed by atoms with Crippen molar-refractivity contribution in [2.24, 2.45) is 0 Å². The molecule has 2 amide bonds. The summed E-state index contributed by atoms with van der Waals surface area (Å²) in [4.78, 5) is 16.3. The molecular formula is C16H15N5O2S. The number of carbonyl (C=O) groups excluding carboxylic acids is 1. The van der Waals surface area contributed by atoms with Gasteiger partial charge in [-0.1, -0.05) is 35.4 Å². The van der Waals surface area contributed by atoms with Crippen LogP contribution in [0.5, 0.6) is 5.19 Å². The summed E-state index contributed by atoms with van der Waals surface area (Å²) < 4.78 is 4.96. The van der Waals surface area contributed by atoms with Crippen molar-refractivity contribution in [2.75, 3.05) is 12.4 Å². The fourth-order valence-corrected chi connectivity index (χ4v) is 2.72. The van der Waals surface area contributed by atoms with Gasteiger partial charge >= 0.3 is 6.03 Å². The minimum Gasteiger partial charge on any atom is -0.472 e. The first-order valence-electron chi connectivity index (χ1n) is 7.16. The minimum absolute atomic E-state index is 0.302. The lowest BCUT2D eigenvalue weighted by Crippen LogP contribution is -2.33. The fourth-order valence-electron chi connectivity index (χ4n) is 2.17. The molecule has 2 aromatic heterocycles. The average Bonchev–Trinajstić information content (AvgIpc) is 3.08. The molecule has 7 nitrogen and oxygen atoms in total. The number of methoxy groups -OCH3 is 1. The number of benzene rings is 1. The van der Waals surface area contributed by atoms with Crippen LogP contribution in [0.25, 0.3) is 0 Å². The second-order valence-electron chi connectivity index (χ2n) is 4.80. The van der Waals surface area contributed by atoms with Gasteiger partial charge in [0.1, 0.15) is 0 Å². The van der Waals surface area contributed by atoms with Gasteiger partial charge in [-0.05, 0) is 34.6 Å². The zero-order valence-electron chi connectivity index (χ0n) is 12.8. The number of urea groups is 1. The molecule has 122 valence electrons. The fraction of sp³-hybridized carbons (Fsp3) is 0.125. The van der Waals surface area contributed by atoms with Crippen molar-refractivity contribution in [2.45, 2.75) is 6.04 Å². The number of nitrogens with one attached hydrogen (secondary N) is 2. The first-order chi connectivity index (χ1) is 11.8. The van der Waals surface area contributed by atoms with E-state index in [1.807, 2.05) is 42.5 Å². The van der Waals surface area contributed by atoms with Crippen LogP contribution in [0.15, 0.2) is 54.9 Å². The molecule has 0 bridgehead atoms. The highest BCUT2D eigenvalue weighted by molar-refractivity contribution is 7.17. The van der Waals surface area contributed by atoms with Crippen LogP contribution in [0.3, 0.4) is 0 Å². The third-order valence-corrected chi connectivity index (χ3v) is 4.05. The summed E-state index contributed by atoms with van der Waals surface area (Å²) in [6, 6.07) is 12.8. The van der Waals surface area contributed by atoms with Crippen LogP contribution in [0.1, 0.15) is 17.2 Å². The summed E-state index contributed by atoms with van der Waals surface area (Å²) in [5, 5.41) is 14.0. The van der Waals surface area contributed by atoms with E-state index in [4.69, 9.17) is 4.74 Å². The Morgan fingerprint density at radius 3 is 2.46 bits per heavy atom. The van der Waals surface area contributed by atoms with Crippen molar-refractivity contribution < 1.29 is 9.53 Å². The first kappa shape index (κ1) is 15.9.